The summed E-state index contributed by atoms with van der Waals surface area (Å²) in [6.07, 6.45) is 3.88. The number of fused-ring (bicyclic) bond motifs is 2. The molecule has 7 nitrogen and oxygen atoms in total. The van der Waals surface area contributed by atoms with Crippen molar-refractivity contribution in [3.05, 3.63) is 42.0 Å². The molecule has 3 atom stereocenters. The second-order valence-electron chi connectivity index (χ2n) is 7.42. The standard InChI is InChI=1S/C20H17F2N5O2S/c1-9-16(13-8-23-25-18(13)19(17(9)22)30(2)29)10-3-4-27-11(5-10)6-15(26-27)24-20(28)12-7-14(12)21/h3-6,8,12,14H,7H2,1-2H3,(H,23,25)(H,24,26,28)/t12-,14+,30?/m1/s1. The molecular formula is C20H17F2N5O2S. The van der Waals surface area contributed by atoms with Gasteiger partial charge in [0, 0.05) is 23.9 Å². The van der Waals surface area contributed by atoms with Gasteiger partial charge in [-0.05, 0) is 42.2 Å². The zero-order chi connectivity index (χ0) is 21.2. The van der Waals surface area contributed by atoms with Gasteiger partial charge in [0.05, 0.1) is 33.9 Å². The minimum Gasteiger partial charge on any atom is -0.309 e. The van der Waals surface area contributed by atoms with E-state index in [-0.39, 0.29) is 17.2 Å². The maximum absolute atomic E-state index is 15.0. The monoisotopic (exact) mass is 429 g/mol. The molecular weight excluding hydrogens is 412 g/mol. The van der Waals surface area contributed by atoms with E-state index >= 15 is 4.39 Å². The number of benzene rings is 1. The highest BCUT2D eigenvalue weighted by molar-refractivity contribution is 7.84. The third-order valence-electron chi connectivity index (χ3n) is 5.38. The van der Waals surface area contributed by atoms with Gasteiger partial charge in [-0.15, -0.1) is 0 Å². The van der Waals surface area contributed by atoms with E-state index in [2.05, 4.69) is 20.6 Å². The first kappa shape index (κ1) is 18.9. The zero-order valence-electron chi connectivity index (χ0n) is 16.1. The van der Waals surface area contributed by atoms with Crippen LogP contribution in [0.5, 0.6) is 0 Å². The summed E-state index contributed by atoms with van der Waals surface area (Å²) in [5.74, 6) is -1.20. The Morgan fingerprint density at radius 2 is 2.17 bits per heavy atom. The van der Waals surface area contributed by atoms with Crippen molar-refractivity contribution in [2.24, 2.45) is 5.92 Å². The summed E-state index contributed by atoms with van der Waals surface area (Å²) in [6, 6.07) is 5.26. The van der Waals surface area contributed by atoms with Gasteiger partial charge in [0.1, 0.15) is 16.9 Å². The van der Waals surface area contributed by atoms with Crippen LogP contribution in [0.25, 0.3) is 27.5 Å². The Kier molecular flexibility index (Phi) is 4.21. The molecule has 30 heavy (non-hydrogen) atoms. The molecule has 0 saturated heterocycles. The Hall–Kier alpha value is -3.14. The van der Waals surface area contributed by atoms with Gasteiger partial charge in [0.15, 0.2) is 5.82 Å². The average molecular weight is 429 g/mol. The predicted molar refractivity (Wildman–Crippen MR) is 109 cm³/mol. The molecule has 2 N–H and O–H groups in total. The van der Waals surface area contributed by atoms with Crippen LogP contribution in [0, 0.1) is 18.7 Å². The van der Waals surface area contributed by atoms with Crippen LogP contribution >= 0.6 is 0 Å². The third-order valence-corrected chi connectivity index (χ3v) is 6.34. The summed E-state index contributed by atoms with van der Waals surface area (Å²) in [6.45, 7) is 1.64. The molecule has 1 saturated carbocycles. The normalized spacial score (nSPS) is 19.3. The number of carbonyl (C=O) groups is 1. The van der Waals surface area contributed by atoms with Crippen LogP contribution in [0.3, 0.4) is 0 Å². The van der Waals surface area contributed by atoms with Gasteiger partial charge in [-0.1, -0.05) is 0 Å². The van der Waals surface area contributed by atoms with E-state index < -0.39 is 28.7 Å². The molecule has 0 aliphatic heterocycles. The first-order chi connectivity index (χ1) is 14.3. The predicted octanol–water partition coefficient (Wildman–Crippen LogP) is 3.36. The molecule has 0 radical (unpaired) electrons. The number of pyridine rings is 1. The molecule has 3 aromatic heterocycles. The van der Waals surface area contributed by atoms with E-state index in [1.807, 2.05) is 6.07 Å². The first-order valence-electron chi connectivity index (χ1n) is 9.28. The smallest absolute Gasteiger partial charge is 0.231 e. The maximum atomic E-state index is 15.0. The average Bonchev–Trinajstić information content (AvgIpc) is 3.08. The van der Waals surface area contributed by atoms with Gasteiger partial charge in [0.2, 0.25) is 5.91 Å². The van der Waals surface area contributed by atoms with Crippen LogP contribution in [-0.2, 0) is 15.6 Å². The number of hydrogen-bond donors (Lipinski definition) is 2. The van der Waals surface area contributed by atoms with Crippen molar-refractivity contribution < 1.29 is 17.8 Å². The lowest BCUT2D eigenvalue weighted by Crippen LogP contribution is -2.15. The molecule has 3 heterocycles. The van der Waals surface area contributed by atoms with E-state index in [4.69, 9.17) is 0 Å². The van der Waals surface area contributed by atoms with Crippen molar-refractivity contribution >= 4 is 38.9 Å². The molecule has 154 valence electrons. The highest BCUT2D eigenvalue weighted by Gasteiger charge is 2.43. The summed E-state index contributed by atoms with van der Waals surface area (Å²) in [4.78, 5) is 12.1. The van der Waals surface area contributed by atoms with Crippen LogP contribution in [-0.4, -0.2) is 42.4 Å². The quantitative estimate of drug-likeness (QED) is 0.520. The van der Waals surface area contributed by atoms with Crippen LogP contribution in [0.15, 0.2) is 35.5 Å². The van der Waals surface area contributed by atoms with E-state index in [1.165, 1.54) is 6.26 Å². The van der Waals surface area contributed by atoms with E-state index in [9.17, 15) is 13.4 Å². The summed E-state index contributed by atoms with van der Waals surface area (Å²) in [5, 5.41) is 14.3. The number of hydrogen-bond acceptors (Lipinski definition) is 4. The molecule has 10 heteroatoms. The summed E-state index contributed by atoms with van der Waals surface area (Å²) >= 11 is 0. The molecule has 1 unspecified atom stereocenters. The third kappa shape index (κ3) is 2.90. The number of anilines is 1. The SMILES string of the molecule is Cc1c(F)c(S(C)=O)c2[nH]ncc2c1-c1ccn2nc(NC(=O)[C@@H]3C[C@@H]3F)cc2c1. The van der Waals surface area contributed by atoms with E-state index in [0.717, 1.165) is 5.56 Å². The Labute approximate surface area is 171 Å². The molecule has 4 aromatic rings. The van der Waals surface area contributed by atoms with Crippen molar-refractivity contribution in [3.63, 3.8) is 0 Å². The number of rotatable bonds is 4. The number of aromatic amines is 1. The second-order valence-corrected chi connectivity index (χ2v) is 8.73. The molecule has 1 fully saturated rings. The Bertz CT molecular complexity index is 1360. The molecule has 1 amide bonds. The molecule has 5 rings (SSSR count). The number of aromatic nitrogens is 4. The first-order valence-corrected chi connectivity index (χ1v) is 10.8. The topological polar surface area (TPSA) is 92.2 Å². The fraction of sp³-hybridized carbons (Fsp3) is 0.250. The Balaban J connectivity index is 1.60. The summed E-state index contributed by atoms with van der Waals surface area (Å²) in [5.41, 5.74) is 2.81. The van der Waals surface area contributed by atoms with Crippen molar-refractivity contribution in [2.75, 3.05) is 11.6 Å². The lowest BCUT2D eigenvalue weighted by atomic mass is 9.97. The fourth-order valence-electron chi connectivity index (χ4n) is 3.75. The zero-order valence-corrected chi connectivity index (χ0v) is 16.9. The second kappa shape index (κ2) is 6.69. The van der Waals surface area contributed by atoms with Crippen LogP contribution < -0.4 is 5.32 Å². The number of carbonyl (C=O) groups excluding carboxylic acids is 1. The molecule has 1 aliphatic rings. The van der Waals surface area contributed by atoms with Gasteiger partial charge < -0.3 is 5.32 Å². The van der Waals surface area contributed by atoms with E-state index in [1.54, 1.807) is 36.0 Å². The van der Waals surface area contributed by atoms with E-state index in [0.29, 0.717) is 33.4 Å². The lowest BCUT2D eigenvalue weighted by Gasteiger charge is -2.12. The van der Waals surface area contributed by atoms with Gasteiger partial charge in [-0.25, -0.2) is 13.3 Å². The molecule has 0 bridgehead atoms. The summed E-state index contributed by atoms with van der Waals surface area (Å²) in [7, 11) is -1.52. The van der Waals surface area contributed by atoms with Gasteiger partial charge >= 0.3 is 0 Å². The van der Waals surface area contributed by atoms with Gasteiger partial charge in [-0.2, -0.15) is 10.2 Å². The minimum absolute atomic E-state index is 0.102. The Morgan fingerprint density at radius 1 is 1.40 bits per heavy atom. The van der Waals surface area contributed by atoms with Crippen LogP contribution in [0.4, 0.5) is 14.6 Å². The Morgan fingerprint density at radius 3 is 2.87 bits per heavy atom. The highest BCUT2D eigenvalue weighted by atomic mass is 32.2. The largest absolute Gasteiger partial charge is 0.309 e. The van der Waals surface area contributed by atoms with Crippen LogP contribution in [0.1, 0.15) is 12.0 Å². The minimum atomic E-state index is -1.52. The fourth-order valence-corrected chi connectivity index (χ4v) is 4.60. The molecule has 1 aliphatic carbocycles. The van der Waals surface area contributed by atoms with Crippen LogP contribution in [0.2, 0.25) is 0 Å². The van der Waals surface area contributed by atoms with Gasteiger partial charge in [0.25, 0.3) is 0 Å². The number of halogens is 2. The van der Waals surface area contributed by atoms with Gasteiger partial charge in [-0.3, -0.25) is 14.1 Å². The maximum Gasteiger partial charge on any atom is 0.231 e. The number of nitrogens with one attached hydrogen (secondary N) is 2. The van der Waals surface area contributed by atoms with Crippen molar-refractivity contribution in [2.45, 2.75) is 24.4 Å². The number of nitrogens with zero attached hydrogens (tertiary/aromatic N) is 3. The van der Waals surface area contributed by atoms with Crippen molar-refractivity contribution in [1.82, 2.24) is 19.8 Å². The van der Waals surface area contributed by atoms with Crippen molar-refractivity contribution in [1.29, 1.82) is 0 Å². The molecule has 0 spiro atoms. The highest BCUT2D eigenvalue weighted by Crippen LogP contribution is 2.37. The summed E-state index contributed by atoms with van der Waals surface area (Å²) < 4.78 is 41.8. The number of alkyl halides is 1. The van der Waals surface area contributed by atoms with Crippen molar-refractivity contribution in [3.8, 4) is 11.1 Å². The number of amides is 1. The number of H-pyrrole nitrogens is 1. The lowest BCUT2D eigenvalue weighted by molar-refractivity contribution is -0.117. The molecule has 1 aromatic carbocycles.